The summed E-state index contributed by atoms with van der Waals surface area (Å²) >= 11 is 0. The van der Waals surface area contributed by atoms with Crippen molar-refractivity contribution < 1.29 is 14.3 Å². The van der Waals surface area contributed by atoms with E-state index in [9.17, 15) is 9.59 Å². The molecular formula is C24H31N5O3. The molecule has 2 N–H and O–H groups in total. The number of anilines is 2. The van der Waals surface area contributed by atoms with Gasteiger partial charge in [-0.05, 0) is 36.4 Å². The summed E-state index contributed by atoms with van der Waals surface area (Å²) in [4.78, 5) is 31.0. The van der Waals surface area contributed by atoms with Crippen LogP contribution < -0.4 is 25.2 Å². The largest absolute Gasteiger partial charge is 0.497 e. The van der Waals surface area contributed by atoms with Crippen molar-refractivity contribution in [3.05, 3.63) is 54.6 Å². The normalized spacial score (nSPS) is 19.2. The van der Waals surface area contributed by atoms with E-state index in [1.165, 1.54) is 5.69 Å². The Balaban J connectivity index is 1.14. The van der Waals surface area contributed by atoms with E-state index in [4.69, 9.17) is 4.74 Å². The molecule has 2 aliphatic rings. The molecule has 0 saturated carbocycles. The van der Waals surface area contributed by atoms with Crippen molar-refractivity contribution in [2.45, 2.75) is 12.5 Å². The Morgan fingerprint density at radius 2 is 1.72 bits per heavy atom. The van der Waals surface area contributed by atoms with E-state index in [0.29, 0.717) is 19.5 Å². The second kappa shape index (κ2) is 10.4. The molecule has 0 unspecified atom stereocenters. The number of carbonyl (C=O) groups excluding carboxylic acids is 2. The molecule has 2 aromatic rings. The van der Waals surface area contributed by atoms with Gasteiger partial charge in [0, 0.05) is 63.6 Å². The molecule has 2 aliphatic heterocycles. The van der Waals surface area contributed by atoms with Crippen molar-refractivity contribution in [2.24, 2.45) is 0 Å². The quantitative estimate of drug-likeness (QED) is 0.692. The molecule has 2 fully saturated rings. The number of urea groups is 1. The number of methoxy groups -OCH3 is 1. The standard InChI is InChI=1S/C24H31N5O3/c1-32-22-9-7-20(8-10-22)28-15-13-27(14-16-28)12-11-25-24(31)26-19-17-23(30)29(18-19)21-5-3-2-4-6-21/h2-10,19H,11-18H2,1H3,(H2,25,26,31)/t19-/m0/s1. The summed E-state index contributed by atoms with van der Waals surface area (Å²) in [5.41, 5.74) is 2.08. The molecule has 4 rings (SSSR count). The van der Waals surface area contributed by atoms with Gasteiger partial charge in [-0.15, -0.1) is 0 Å². The Bertz CT molecular complexity index is 898. The first kappa shape index (κ1) is 22.0. The molecule has 0 aromatic heterocycles. The van der Waals surface area contributed by atoms with Crippen molar-refractivity contribution in [3.63, 3.8) is 0 Å². The molecule has 32 heavy (non-hydrogen) atoms. The number of amides is 3. The maximum Gasteiger partial charge on any atom is 0.315 e. The summed E-state index contributed by atoms with van der Waals surface area (Å²) in [7, 11) is 1.68. The lowest BCUT2D eigenvalue weighted by atomic mass is 10.2. The van der Waals surface area contributed by atoms with Crippen LogP contribution in [0.5, 0.6) is 5.75 Å². The lowest BCUT2D eigenvalue weighted by Crippen LogP contribution is -2.50. The topological polar surface area (TPSA) is 77.1 Å². The van der Waals surface area contributed by atoms with Gasteiger partial charge in [0.2, 0.25) is 5.91 Å². The van der Waals surface area contributed by atoms with Crippen LogP contribution in [0.15, 0.2) is 54.6 Å². The zero-order valence-corrected chi connectivity index (χ0v) is 18.5. The number of hydrogen-bond donors (Lipinski definition) is 2. The third-order valence-electron chi connectivity index (χ3n) is 6.05. The fraction of sp³-hybridized carbons (Fsp3) is 0.417. The highest BCUT2D eigenvalue weighted by Gasteiger charge is 2.31. The molecule has 0 radical (unpaired) electrons. The van der Waals surface area contributed by atoms with Gasteiger partial charge in [-0.1, -0.05) is 18.2 Å². The fourth-order valence-electron chi connectivity index (χ4n) is 4.25. The third-order valence-corrected chi connectivity index (χ3v) is 6.05. The Morgan fingerprint density at radius 3 is 2.41 bits per heavy atom. The second-order valence-electron chi connectivity index (χ2n) is 8.17. The molecule has 0 spiro atoms. The van der Waals surface area contributed by atoms with Gasteiger partial charge in [-0.3, -0.25) is 9.69 Å². The lowest BCUT2D eigenvalue weighted by molar-refractivity contribution is -0.117. The van der Waals surface area contributed by atoms with Gasteiger partial charge >= 0.3 is 6.03 Å². The number of ether oxygens (including phenoxy) is 1. The van der Waals surface area contributed by atoms with Crippen LogP contribution in [0.25, 0.3) is 0 Å². The summed E-state index contributed by atoms with van der Waals surface area (Å²) in [5, 5.41) is 5.87. The number of piperazine rings is 1. The highest BCUT2D eigenvalue weighted by Crippen LogP contribution is 2.21. The predicted molar refractivity (Wildman–Crippen MR) is 125 cm³/mol. The number of para-hydroxylation sites is 1. The van der Waals surface area contributed by atoms with E-state index in [1.54, 1.807) is 12.0 Å². The molecule has 8 nitrogen and oxygen atoms in total. The molecule has 8 heteroatoms. The Morgan fingerprint density at radius 1 is 1.00 bits per heavy atom. The summed E-state index contributed by atoms with van der Waals surface area (Å²) in [5.74, 6) is 0.905. The number of carbonyl (C=O) groups is 2. The fourth-order valence-corrected chi connectivity index (χ4v) is 4.25. The molecular weight excluding hydrogens is 406 g/mol. The van der Waals surface area contributed by atoms with Crippen LogP contribution in [0.3, 0.4) is 0 Å². The Labute approximate surface area is 189 Å². The van der Waals surface area contributed by atoms with E-state index in [-0.39, 0.29) is 18.0 Å². The highest BCUT2D eigenvalue weighted by atomic mass is 16.5. The molecule has 170 valence electrons. The minimum Gasteiger partial charge on any atom is -0.497 e. The smallest absolute Gasteiger partial charge is 0.315 e. The van der Waals surface area contributed by atoms with E-state index >= 15 is 0 Å². The second-order valence-corrected chi connectivity index (χ2v) is 8.17. The van der Waals surface area contributed by atoms with E-state index < -0.39 is 0 Å². The number of benzene rings is 2. The molecule has 2 aromatic carbocycles. The average Bonchev–Trinajstić information content (AvgIpc) is 3.20. The summed E-state index contributed by atoms with van der Waals surface area (Å²) < 4.78 is 5.22. The summed E-state index contributed by atoms with van der Waals surface area (Å²) in [6.45, 7) is 5.72. The Kier molecular flexibility index (Phi) is 7.11. The number of nitrogens with one attached hydrogen (secondary N) is 2. The van der Waals surface area contributed by atoms with Crippen LogP contribution in [-0.4, -0.2) is 75.8 Å². The van der Waals surface area contributed by atoms with Crippen LogP contribution in [-0.2, 0) is 4.79 Å². The van der Waals surface area contributed by atoms with Gasteiger partial charge in [0.25, 0.3) is 0 Å². The van der Waals surface area contributed by atoms with Crippen LogP contribution >= 0.6 is 0 Å². The van der Waals surface area contributed by atoms with E-state index in [0.717, 1.165) is 44.2 Å². The third kappa shape index (κ3) is 5.50. The average molecular weight is 438 g/mol. The van der Waals surface area contributed by atoms with Gasteiger partial charge in [0.05, 0.1) is 13.2 Å². The van der Waals surface area contributed by atoms with Gasteiger partial charge in [0.1, 0.15) is 5.75 Å². The van der Waals surface area contributed by atoms with Crippen molar-refractivity contribution in [1.82, 2.24) is 15.5 Å². The summed E-state index contributed by atoms with van der Waals surface area (Å²) in [6, 6.07) is 17.3. The predicted octanol–water partition coefficient (Wildman–Crippen LogP) is 1.92. The van der Waals surface area contributed by atoms with Gasteiger partial charge in [0.15, 0.2) is 0 Å². The van der Waals surface area contributed by atoms with Gasteiger partial charge in [-0.2, -0.15) is 0 Å². The first-order valence-electron chi connectivity index (χ1n) is 11.1. The van der Waals surface area contributed by atoms with Gasteiger partial charge in [-0.25, -0.2) is 4.79 Å². The van der Waals surface area contributed by atoms with Gasteiger partial charge < -0.3 is 25.2 Å². The van der Waals surface area contributed by atoms with E-state index in [1.807, 2.05) is 42.5 Å². The first-order valence-corrected chi connectivity index (χ1v) is 11.1. The highest BCUT2D eigenvalue weighted by molar-refractivity contribution is 5.96. The first-order chi connectivity index (χ1) is 15.6. The number of nitrogens with zero attached hydrogens (tertiary/aromatic N) is 3. The number of hydrogen-bond acceptors (Lipinski definition) is 5. The molecule has 0 aliphatic carbocycles. The molecule has 3 amide bonds. The van der Waals surface area contributed by atoms with Crippen LogP contribution in [0.4, 0.5) is 16.2 Å². The molecule has 2 heterocycles. The minimum absolute atomic E-state index is 0.0382. The van der Waals surface area contributed by atoms with Crippen molar-refractivity contribution in [1.29, 1.82) is 0 Å². The lowest BCUT2D eigenvalue weighted by Gasteiger charge is -2.36. The maximum absolute atomic E-state index is 12.3. The zero-order valence-electron chi connectivity index (χ0n) is 18.5. The van der Waals surface area contributed by atoms with Crippen molar-refractivity contribution >= 4 is 23.3 Å². The number of rotatable bonds is 7. The van der Waals surface area contributed by atoms with E-state index in [2.05, 4.69) is 32.6 Å². The van der Waals surface area contributed by atoms with Crippen molar-refractivity contribution in [2.75, 3.05) is 62.7 Å². The zero-order chi connectivity index (χ0) is 22.3. The summed E-state index contributed by atoms with van der Waals surface area (Å²) in [6.07, 6.45) is 0.329. The molecule has 2 saturated heterocycles. The van der Waals surface area contributed by atoms with Crippen molar-refractivity contribution in [3.8, 4) is 5.75 Å². The van der Waals surface area contributed by atoms with Crippen LogP contribution in [0.2, 0.25) is 0 Å². The SMILES string of the molecule is COc1ccc(N2CCN(CCNC(=O)N[C@H]3CC(=O)N(c4ccccc4)C3)CC2)cc1. The Hall–Kier alpha value is -3.26. The molecule has 1 atom stereocenters. The van der Waals surface area contributed by atoms with Crippen LogP contribution in [0.1, 0.15) is 6.42 Å². The van der Waals surface area contributed by atoms with Crippen LogP contribution in [0, 0.1) is 0 Å². The monoisotopic (exact) mass is 437 g/mol. The maximum atomic E-state index is 12.3. The minimum atomic E-state index is -0.213. The molecule has 0 bridgehead atoms.